The van der Waals surface area contributed by atoms with E-state index < -0.39 is 0 Å². The second kappa shape index (κ2) is 5.42. The quantitative estimate of drug-likeness (QED) is 0.818. The molecule has 0 aliphatic rings. The zero-order valence-corrected chi connectivity index (χ0v) is 10.9. The van der Waals surface area contributed by atoms with Crippen LogP contribution in [0.3, 0.4) is 0 Å². The van der Waals surface area contributed by atoms with Crippen molar-refractivity contribution in [2.75, 3.05) is 0 Å². The molecular formula is C12H6Cl2N2S. The molecule has 2 aromatic rings. The van der Waals surface area contributed by atoms with E-state index in [1.165, 1.54) is 18.0 Å². The fourth-order valence-electron chi connectivity index (χ4n) is 1.19. The Bertz CT molecular complexity index is 556. The van der Waals surface area contributed by atoms with Crippen LogP contribution in [0.15, 0.2) is 46.5 Å². The molecular weight excluding hydrogens is 275 g/mol. The molecule has 0 N–H and O–H groups in total. The summed E-state index contributed by atoms with van der Waals surface area (Å²) in [6, 6.07) is 10.8. The molecule has 0 radical (unpaired) electrons. The van der Waals surface area contributed by atoms with Crippen molar-refractivity contribution >= 4 is 35.0 Å². The van der Waals surface area contributed by atoms with Crippen molar-refractivity contribution in [1.82, 2.24) is 4.98 Å². The third-order valence-corrected chi connectivity index (χ3v) is 3.94. The molecule has 0 aliphatic carbocycles. The van der Waals surface area contributed by atoms with Crippen LogP contribution in [-0.4, -0.2) is 4.98 Å². The lowest BCUT2D eigenvalue weighted by molar-refractivity contribution is 1.12. The average molecular weight is 281 g/mol. The van der Waals surface area contributed by atoms with Gasteiger partial charge in [0.1, 0.15) is 11.1 Å². The van der Waals surface area contributed by atoms with Crippen LogP contribution in [0, 0.1) is 11.3 Å². The number of pyridine rings is 1. The normalized spacial score (nSPS) is 9.94. The Balaban J connectivity index is 2.29. The van der Waals surface area contributed by atoms with Crippen molar-refractivity contribution in [2.45, 2.75) is 9.92 Å². The summed E-state index contributed by atoms with van der Waals surface area (Å²) in [7, 11) is 0. The van der Waals surface area contributed by atoms with Gasteiger partial charge < -0.3 is 0 Å². The summed E-state index contributed by atoms with van der Waals surface area (Å²) in [5, 5.41) is 10.6. The first-order valence-corrected chi connectivity index (χ1v) is 6.26. The van der Waals surface area contributed by atoms with Gasteiger partial charge in [0.15, 0.2) is 0 Å². The van der Waals surface area contributed by atoms with Crippen LogP contribution in [0.25, 0.3) is 0 Å². The molecule has 17 heavy (non-hydrogen) atoms. The van der Waals surface area contributed by atoms with Gasteiger partial charge in [-0.15, -0.1) is 0 Å². The Morgan fingerprint density at radius 3 is 2.35 bits per heavy atom. The highest BCUT2D eigenvalue weighted by Gasteiger charge is 2.08. The third kappa shape index (κ3) is 2.92. The van der Waals surface area contributed by atoms with E-state index in [0.29, 0.717) is 15.6 Å². The minimum atomic E-state index is 0.527. The summed E-state index contributed by atoms with van der Waals surface area (Å²) >= 11 is 13.5. The third-order valence-electron chi connectivity index (χ3n) is 1.99. The van der Waals surface area contributed by atoms with E-state index in [4.69, 9.17) is 28.5 Å². The molecule has 0 spiro atoms. The minimum absolute atomic E-state index is 0.527. The number of nitriles is 1. The van der Waals surface area contributed by atoms with Gasteiger partial charge >= 0.3 is 0 Å². The molecule has 2 nitrogen and oxygen atoms in total. The van der Waals surface area contributed by atoms with Gasteiger partial charge in [-0.05, 0) is 24.3 Å². The Morgan fingerprint density at radius 1 is 1.12 bits per heavy atom. The summed E-state index contributed by atoms with van der Waals surface area (Å²) in [4.78, 5) is 4.92. The second-order valence-electron chi connectivity index (χ2n) is 3.15. The fraction of sp³-hybridized carbons (Fsp3) is 0. The molecule has 0 unspecified atom stereocenters. The molecule has 0 aliphatic heterocycles. The largest absolute Gasteiger partial charge is 0.248 e. The smallest absolute Gasteiger partial charge is 0.101 e. The summed E-state index contributed by atoms with van der Waals surface area (Å²) in [6.45, 7) is 0. The maximum Gasteiger partial charge on any atom is 0.101 e. The standard InChI is InChI=1S/C12H6Cl2N2S/c13-9-2-1-3-10(14)12(9)17-11-5-4-8(6-15)7-16-11/h1-5,7H. The lowest BCUT2D eigenvalue weighted by Gasteiger charge is -2.05. The molecule has 2 rings (SSSR count). The van der Waals surface area contributed by atoms with Crippen LogP contribution in [0.2, 0.25) is 10.0 Å². The minimum Gasteiger partial charge on any atom is -0.248 e. The van der Waals surface area contributed by atoms with Crippen LogP contribution in [0.4, 0.5) is 0 Å². The first kappa shape index (κ1) is 12.3. The van der Waals surface area contributed by atoms with E-state index >= 15 is 0 Å². The highest BCUT2D eigenvalue weighted by Crippen LogP contribution is 2.37. The van der Waals surface area contributed by atoms with Gasteiger partial charge in [-0.3, -0.25) is 0 Å². The molecule has 0 amide bonds. The number of rotatable bonds is 2. The van der Waals surface area contributed by atoms with Crippen LogP contribution in [0.5, 0.6) is 0 Å². The highest BCUT2D eigenvalue weighted by molar-refractivity contribution is 7.99. The first-order valence-electron chi connectivity index (χ1n) is 4.69. The predicted octanol–water partition coefficient (Wildman–Crippen LogP) is 4.41. The van der Waals surface area contributed by atoms with E-state index in [-0.39, 0.29) is 0 Å². The Labute approximate surface area is 113 Å². The van der Waals surface area contributed by atoms with Crippen LogP contribution in [-0.2, 0) is 0 Å². The number of hydrogen-bond donors (Lipinski definition) is 0. The second-order valence-corrected chi connectivity index (χ2v) is 4.99. The Hall–Kier alpha value is -1.21. The maximum absolute atomic E-state index is 8.67. The van der Waals surface area contributed by atoms with Gasteiger partial charge in [-0.1, -0.05) is 41.0 Å². The molecule has 0 bridgehead atoms. The van der Waals surface area contributed by atoms with E-state index in [2.05, 4.69) is 4.98 Å². The van der Waals surface area contributed by atoms with Crippen LogP contribution in [0.1, 0.15) is 5.56 Å². The number of nitrogens with zero attached hydrogens (tertiary/aromatic N) is 2. The molecule has 84 valence electrons. The number of halogens is 2. The zero-order valence-electron chi connectivity index (χ0n) is 8.52. The van der Waals surface area contributed by atoms with Gasteiger partial charge in [0.05, 0.1) is 20.5 Å². The van der Waals surface area contributed by atoms with Crippen molar-refractivity contribution in [2.24, 2.45) is 0 Å². The van der Waals surface area contributed by atoms with E-state index in [0.717, 1.165) is 9.92 Å². The van der Waals surface area contributed by atoms with Gasteiger partial charge in [0.2, 0.25) is 0 Å². The molecule has 0 atom stereocenters. The molecule has 5 heteroatoms. The van der Waals surface area contributed by atoms with Crippen LogP contribution >= 0.6 is 35.0 Å². The number of aromatic nitrogens is 1. The van der Waals surface area contributed by atoms with Crippen molar-refractivity contribution in [3.63, 3.8) is 0 Å². The SMILES string of the molecule is N#Cc1ccc(Sc2c(Cl)cccc2Cl)nc1. The molecule has 0 fully saturated rings. The molecule has 0 saturated heterocycles. The summed E-state index contributed by atoms with van der Waals surface area (Å²) in [5.74, 6) is 0. The first-order chi connectivity index (χ1) is 8.20. The van der Waals surface area contributed by atoms with Crippen molar-refractivity contribution in [3.05, 3.63) is 52.1 Å². The van der Waals surface area contributed by atoms with Gasteiger partial charge in [-0.25, -0.2) is 4.98 Å². The van der Waals surface area contributed by atoms with Crippen molar-refractivity contribution in [3.8, 4) is 6.07 Å². The lowest BCUT2D eigenvalue weighted by Crippen LogP contribution is -1.83. The topological polar surface area (TPSA) is 36.7 Å². The number of benzene rings is 1. The van der Waals surface area contributed by atoms with Gasteiger partial charge in [-0.2, -0.15) is 5.26 Å². The molecule has 0 saturated carbocycles. The summed E-state index contributed by atoms with van der Waals surface area (Å²) in [6.07, 6.45) is 1.52. The Kier molecular flexibility index (Phi) is 3.90. The number of hydrogen-bond acceptors (Lipinski definition) is 3. The van der Waals surface area contributed by atoms with Crippen LogP contribution < -0.4 is 0 Å². The van der Waals surface area contributed by atoms with Crippen molar-refractivity contribution in [1.29, 1.82) is 5.26 Å². The fourth-order valence-corrected chi connectivity index (χ4v) is 2.60. The van der Waals surface area contributed by atoms with E-state index in [1.54, 1.807) is 30.3 Å². The predicted molar refractivity (Wildman–Crippen MR) is 69.5 cm³/mol. The lowest BCUT2D eigenvalue weighted by atomic mass is 10.3. The summed E-state index contributed by atoms with van der Waals surface area (Å²) < 4.78 is 0. The average Bonchev–Trinajstić information content (AvgIpc) is 2.35. The highest BCUT2D eigenvalue weighted by atomic mass is 35.5. The maximum atomic E-state index is 8.67. The van der Waals surface area contributed by atoms with Gasteiger partial charge in [0.25, 0.3) is 0 Å². The summed E-state index contributed by atoms with van der Waals surface area (Å²) in [5.41, 5.74) is 0.527. The van der Waals surface area contributed by atoms with E-state index in [1.807, 2.05) is 6.07 Å². The Morgan fingerprint density at radius 2 is 1.82 bits per heavy atom. The van der Waals surface area contributed by atoms with Gasteiger partial charge in [0, 0.05) is 6.20 Å². The molecule has 1 heterocycles. The zero-order chi connectivity index (χ0) is 12.3. The molecule has 1 aromatic heterocycles. The van der Waals surface area contributed by atoms with Crippen molar-refractivity contribution < 1.29 is 0 Å². The monoisotopic (exact) mass is 280 g/mol. The van der Waals surface area contributed by atoms with E-state index in [9.17, 15) is 0 Å². The molecule has 1 aromatic carbocycles.